The average Bonchev–Trinajstić information content (AvgIpc) is 2.45. The summed E-state index contributed by atoms with van der Waals surface area (Å²) in [5, 5.41) is -0.207. The van der Waals surface area contributed by atoms with Crippen LogP contribution in [0.3, 0.4) is 0 Å². The second-order valence-corrected chi connectivity index (χ2v) is 8.28. The predicted octanol–water partition coefficient (Wildman–Crippen LogP) is 2.85. The summed E-state index contributed by atoms with van der Waals surface area (Å²) in [6, 6.07) is 8.22. The number of hydrogen-bond donors (Lipinski definition) is 1. The van der Waals surface area contributed by atoms with Gasteiger partial charge in [-0.15, -0.1) is 0 Å². The molecule has 1 aromatic rings. The zero-order valence-corrected chi connectivity index (χ0v) is 13.2. The summed E-state index contributed by atoms with van der Waals surface area (Å²) >= 11 is 0. The quantitative estimate of drug-likeness (QED) is 0.929. The summed E-state index contributed by atoms with van der Waals surface area (Å²) < 4.78 is 23.5. The van der Waals surface area contributed by atoms with Crippen LogP contribution in [0.4, 0.5) is 0 Å². The topological polar surface area (TPSA) is 60.2 Å². The summed E-state index contributed by atoms with van der Waals surface area (Å²) in [5.41, 5.74) is 8.92. The van der Waals surface area contributed by atoms with Gasteiger partial charge in [-0.2, -0.15) is 0 Å². The highest BCUT2D eigenvalue weighted by molar-refractivity contribution is 7.91. The summed E-state index contributed by atoms with van der Waals surface area (Å²) in [6.07, 6.45) is 5.81. The minimum absolute atomic E-state index is 0.0456. The van der Waals surface area contributed by atoms with Crippen LogP contribution in [0, 0.1) is 5.92 Å². The van der Waals surface area contributed by atoms with E-state index in [9.17, 15) is 8.42 Å². The number of nitrogens with two attached hydrogens (primary N) is 1. The molecule has 2 N–H and O–H groups in total. The van der Waals surface area contributed by atoms with Crippen molar-refractivity contribution >= 4 is 9.84 Å². The Hall–Kier alpha value is -0.870. The zero-order chi connectivity index (χ0) is 14.8. The molecule has 3 unspecified atom stereocenters. The summed E-state index contributed by atoms with van der Waals surface area (Å²) in [7, 11) is -2.95. The predicted molar refractivity (Wildman–Crippen MR) is 83.3 cm³/mol. The highest BCUT2D eigenvalue weighted by Crippen LogP contribution is 2.36. The SMILES string of the molecule is CCc1ccccc1C(N)C1CCCC(S(C)(=O)=O)C1. The molecule has 2 rings (SSSR count). The third-order valence-electron chi connectivity index (χ3n) is 4.58. The first-order valence-corrected chi connectivity index (χ1v) is 9.41. The zero-order valence-electron chi connectivity index (χ0n) is 12.4. The van der Waals surface area contributed by atoms with Gasteiger partial charge in [-0.05, 0) is 42.7 Å². The Morgan fingerprint density at radius 1 is 1.30 bits per heavy atom. The van der Waals surface area contributed by atoms with Crippen molar-refractivity contribution in [3.8, 4) is 0 Å². The van der Waals surface area contributed by atoms with Gasteiger partial charge in [0.05, 0.1) is 5.25 Å². The van der Waals surface area contributed by atoms with Crippen LogP contribution < -0.4 is 5.73 Å². The molecule has 3 nitrogen and oxygen atoms in total. The fourth-order valence-electron chi connectivity index (χ4n) is 3.33. The number of hydrogen-bond acceptors (Lipinski definition) is 3. The Kier molecular flexibility index (Phi) is 4.86. The van der Waals surface area contributed by atoms with Crippen molar-refractivity contribution in [1.29, 1.82) is 0 Å². The van der Waals surface area contributed by atoms with Gasteiger partial charge in [-0.3, -0.25) is 0 Å². The van der Waals surface area contributed by atoms with Crippen LogP contribution in [0.2, 0.25) is 0 Å². The number of sulfone groups is 1. The maximum atomic E-state index is 11.8. The van der Waals surface area contributed by atoms with Gasteiger partial charge in [0.15, 0.2) is 0 Å². The maximum Gasteiger partial charge on any atom is 0.150 e. The smallest absolute Gasteiger partial charge is 0.150 e. The molecule has 0 aromatic heterocycles. The van der Waals surface area contributed by atoms with Gasteiger partial charge >= 0.3 is 0 Å². The molecule has 0 radical (unpaired) electrons. The first-order chi connectivity index (χ1) is 9.43. The Morgan fingerprint density at radius 3 is 2.65 bits per heavy atom. The molecule has 20 heavy (non-hydrogen) atoms. The van der Waals surface area contributed by atoms with E-state index in [1.807, 2.05) is 12.1 Å². The minimum Gasteiger partial charge on any atom is -0.324 e. The fraction of sp³-hybridized carbons (Fsp3) is 0.625. The van der Waals surface area contributed by atoms with E-state index in [4.69, 9.17) is 5.73 Å². The third kappa shape index (κ3) is 3.41. The summed E-state index contributed by atoms with van der Waals surface area (Å²) in [5.74, 6) is 0.274. The second-order valence-electron chi connectivity index (χ2n) is 5.96. The van der Waals surface area contributed by atoms with Crippen LogP contribution in [-0.4, -0.2) is 19.9 Å². The normalized spacial score (nSPS) is 25.4. The van der Waals surface area contributed by atoms with Crippen molar-refractivity contribution in [2.75, 3.05) is 6.26 Å². The number of aryl methyl sites for hydroxylation is 1. The molecular formula is C16H25NO2S. The number of rotatable bonds is 4. The van der Waals surface area contributed by atoms with Gasteiger partial charge in [0.25, 0.3) is 0 Å². The molecule has 3 atom stereocenters. The van der Waals surface area contributed by atoms with Crippen molar-refractivity contribution in [3.05, 3.63) is 35.4 Å². The van der Waals surface area contributed by atoms with Gasteiger partial charge in [0.1, 0.15) is 9.84 Å². The van der Waals surface area contributed by atoms with Crippen LogP contribution in [0.15, 0.2) is 24.3 Å². The van der Waals surface area contributed by atoms with E-state index in [0.717, 1.165) is 25.7 Å². The molecule has 0 bridgehead atoms. The highest BCUT2D eigenvalue weighted by Gasteiger charge is 2.32. The fourth-order valence-corrected chi connectivity index (χ4v) is 4.52. The molecule has 0 aliphatic heterocycles. The molecule has 1 aliphatic rings. The van der Waals surface area contributed by atoms with Crippen LogP contribution in [0.5, 0.6) is 0 Å². The van der Waals surface area contributed by atoms with Crippen LogP contribution in [0.25, 0.3) is 0 Å². The van der Waals surface area contributed by atoms with Gasteiger partial charge in [0, 0.05) is 12.3 Å². The molecule has 0 amide bonds. The van der Waals surface area contributed by atoms with Crippen molar-refractivity contribution in [1.82, 2.24) is 0 Å². The van der Waals surface area contributed by atoms with E-state index >= 15 is 0 Å². The lowest BCUT2D eigenvalue weighted by atomic mass is 9.80. The van der Waals surface area contributed by atoms with Crippen molar-refractivity contribution < 1.29 is 8.42 Å². The lowest BCUT2D eigenvalue weighted by Crippen LogP contribution is -2.33. The van der Waals surface area contributed by atoms with Gasteiger partial charge in [-0.1, -0.05) is 37.6 Å². The van der Waals surface area contributed by atoms with E-state index < -0.39 is 9.84 Å². The lowest BCUT2D eigenvalue weighted by molar-refractivity contribution is 0.308. The van der Waals surface area contributed by atoms with E-state index in [2.05, 4.69) is 19.1 Å². The molecule has 1 aliphatic carbocycles. The van der Waals surface area contributed by atoms with E-state index in [1.54, 1.807) is 0 Å². The Labute approximate surface area is 122 Å². The standard InChI is InChI=1S/C16H25NO2S/c1-3-12-7-4-5-10-15(12)16(17)13-8-6-9-14(11-13)20(2,18)19/h4-5,7,10,13-14,16H,3,6,8-9,11,17H2,1-2H3. The molecule has 1 aromatic carbocycles. The van der Waals surface area contributed by atoms with Crippen molar-refractivity contribution in [3.63, 3.8) is 0 Å². The highest BCUT2D eigenvalue weighted by atomic mass is 32.2. The van der Waals surface area contributed by atoms with Crippen LogP contribution in [-0.2, 0) is 16.3 Å². The van der Waals surface area contributed by atoms with Gasteiger partial charge in [0.2, 0.25) is 0 Å². The molecule has 0 spiro atoms. The van der Waals surface area contributed by atoms with Gasteiger partial charge < -0.3 is 5.73 Å². The summed E-state index contributed by atoms with van der Waals surface area (Å²) in [4.78, 5) is 0. The Bertz CT molecular complexity index is 553. The first kappa shape index (κ1) is 15.5. The van der Waals surface area contributed by atoms with Crippen molar-refractivity contribution in [2.24, 2.45) is 11.7 Å². The van der Waals surface area contributed by atoms with Gasteiger partial charge in [-0.25, -0.2) is 8.42 Å². The summed E-state index contributed by atoms with van der Waals surface area (Å²) in [6.45, 7) is 2.13. The molecule has 1 saturated carbocycles. The molecule has 0 saturated heterocycles. The minimum atomic E-state index is -2.95. The molecule has 112 valence electrons. The van der Waals surface area contributed by atoms with E-state index in [1.165, 1.54) is 17.4 Å². The van der Waals surface area contributed by atoms with Crippen LogP contribution >= 0.6 is 0 Å². The Morgan fingerprint density at radius 2 is 2.00 bits per heavy atom. The van der Waals surface area contributed by atoms with Crippen molar-refractivity contribution in [2.45, 2.75) is 50.3 Å². The molecule has 4 heteroatoms. The Balaban J connectivity index is 2.18. The van der Waals surface area contributed by atoms with E-state index in [0.29, 0.717) is 6.42 Å². The lowest BCUT2D eigenvalue weighted by Gasteiger charge is -2.33. The van der Waals surface area contributed by atoms with E-state index in [-0.39, 0.29) is 17.2 Å². The second kappa shape index (κ2) is 6.27. The average molecular weight is 295 g/mol. The first-order valence-electron chi connectivity index (χ1n) is 7.45. The van der Waals surface area contributed by atoms with Crippen LogP contribution in [0.1, 0.15) is 49.8 Å². The molecule has 0 heterocycles. The monoisotopic (exact) mass is 295 g/mol. The molecule has 1 fully saturated rings. The maximum absolute atomic E-state index is 11.8. The molecular weight excluding hydrogens is 270 g/mol. The third-order valence-corrected chi connectivity index (χ3v) is 6.21. The largest absolute Gasteiger partial charge is 0.324 e. The number of benzene rings is 1.